The highest BCUT2D eigenvalue weighted by Crippen LogP contribution is 2.28. The SMILES string of the molecule is N#CC(C#N)=CNc1cccc(-c2n[nH]c(-c3cccc(Oc4ccc(N)cc4)c3)n2)c1. The van der Waals surface area contributed by atoms with E-state index in [1.54, 1.807) is 36.4 Å². The average molecular weight is 419 g/mol. The molecule has 0 atom stereocenters. The van der Waals surface area contributed by atoms with Crippen LogP contribution in [0.2, 0.25) is 0 Å². The number of allylic oxidation sites excluding steroid dienone is 1. The third kappa shape index (κ3) is 4.73. The lowest BCUT2D eigenvalue weighted by molar-refractivity contribution is 0.483. The Morgan fingerprint density at radius 2 is 1.69 bits per heavy atom. The van der Waals surface area contributed by atoms with E-state index in [0.29, 0.717) is 34.5 Å². The Morgan fingerprint density at radius 3 is 2.47 bits per heavy atom. The topological polar surface area (TPSA) is 136 Å². The fourth-order valence-corrected chi connectivity index (χ4v) is 2.89. The van der Waals surface area contributed by atoms with Gasteiger partial charge in [-0.3, -0.25) is 5.10 Å². The summed E-state index contributed by atoms with van der Waals surface area (Å²) in [5.41, 5.74) is 8.67. The number of aromatic amines is 1. The third-order valence-corrected chi connectivity index (χ3v) is 4.45. The van der Waals surface area contributed by atoms with E-state index in [9.17, 15) is 0 Å². The maximum absolute atomic E-state index is 8.84. The molecule has 4 aromatic rings. The van der Waals surface area contributed by atoms with Crippen LogP contribution < -0.4 is 15.8 Å². The molecule has 1 heterocycles. The van der Waals surface area contributed by atoms with E-state index in [4.69, 9.17) is 21.0 Å². The van der Waals surface area contributed by atoms with Crippen molar-refractivity contribution in [3.63, 3.8) is 0 Å². The summed E-state index contributed by atoms with van der Waals surface area (Å²) in [5, 5.41) is 27.9. The molecule has 4 N–H and O–H groups in total. The molecule has 0 saturated heterocycles. The summed E-state index contributed by atoms with van der Waals surface area (Å²) in [6.45, 7) is 0. The Hall–Kier alpha value is -5.08. The van der Waals surface area contributed by atoms with Crippen LogP contribution in [0.15, 0.2) is 84.6 Å². The van der Waals surface area contributed by atoms with Crippen LogP contribution in [0.25, 0.3) is 22.8 Å². The molecule has 0 aliphatic rings. The van der Waals surface area contributed by atoms with Gasteiger partial charge in [-0.1, -0.05) is 24.3 Å². The number of nitrogens with zero attached hydrogens (tertiary/aromatic N) is 4. The second-order valence-corrected chi connectivity index (χ2v) is 6.71. The number of rotatable bonds is 6. The zero-order chi connectivity index (χ0) is 22.3. The van der Waals surface area contributed by atoms with Gasteiger partial charge in [-0.15, -0.1) is 0 Å². The van der Waals surface area contributed by atoms with Crippen molar-refractivity contribution in [1.29, 1.82) is 10.5 Å². The van der Waals surface area contributed by atoms with Crippen LogP contribution in [0.3, 0.4) is 0 Å². The lowest BCUT2D eigenvalue weighted by Crippen LogP contribution is -1.91. The maximum atomic E-state index is 8.84. The van der Waals surface area contributed by atoms with E-state index in [1.165, 1.54) is 6.20 Å². The predicted molar refractivity (Wildman–Crippen MR) is 121 cm³/mol. The molecule has 4 rings (SSSR count). The van der Waals surface area contributed by atoms with Crippen LogP contribution >= 0.6 is 0 Å². The number of nitrogens with one attached hydrogen (secondary N) is 2. The molecule has 0 amide bonds. The number of hydrogen-bond acceptors (Lipinski definition) is 7. The Balaban J connectivity index is 1.54. The van der Waals surface area contributed by atoms with E-state index < -0.39 is 0 Å². The van der Waals surface area contributed by atoms with Crippen molar-refractivity contribution >= 4 is 11.4 Å². The molecule has 154 valence electrons. The predicted octanol–water partition coefficient (Wildman–Crippen LogP) is 4.86. The second-order valence-electron chi connectivity index (χ2n) is 6.71. The first kappa shape index (κ1) is 20.2. The normalized spacial score (nSPS) is 9.94. The second kappa shape index (κ2) is 9.16. The number of anilines is 2. The highest BCUT2D eigenvalue weighted by molar-refractivity contribution is 5.66. The number of hydrogen-bond donors (Lipinski definition) is 3. The minimum Gasteiger partial charge on any atom is -0.457 e. The minimum atomic E-state index is -0.0170. The van der Waals surface area contributed by atoms with Gasteiger partial charge < -0.3 is 15.8 Å². The molecule has 1 aromatic heterocycles. The molecule has 0 saturated carbocycles. The number of nitrogen functional groups attached to an aromatic ring is 1. The Bertz CT molecular complexity index is 1340. The van der Waals surface area contributed by atoms with Crippen LogP contribution in [0.5, 0.6) is 11.5 Å². The van der Waals surface area contributed by atoms with Crippen molar-refractivity contribution in [1.82, 2.24) is 15.2 Å². The average Bonchev–Trinajstić information content (AvgIpc) is 3.32. The number of ether oxygens (including phenoxy) is 1. The van der Waals surface area contributed by atoms with Gasteiger partial charge in [-0.05, 0) is 48.5 Å². The Kier molecular flexibility index (Phi) is 5.78. The van der Waals surface area contributed by atoms with E-state index >= 15 is 0 Å². The van der Waals surface area contributed by atoms with Gasteiger partial charge >= 0.3 is 0 Å². The molecule has 8 heteroatoms. The van der Waals surface area contributed by atoms with Crippen LogP contribution in [-0.2, 0) is 0 Å². The van der Waals surface area contributed by atoms with Gasteiger partial charge in [0.05, 0.1) is 0 Å². The Labute approximate surface area is 184 Å². The van der Waals surface area contributed by atoms with Crippen LogP contribution in [0, 0.1) is 22.7 Å². The van der Waals surface area contributed by atoms with E-state index in [-0.39, 0.29) is 5.57 Å². The van der Waals surface area contributed by atoms with Crippen molar-refractivity contribution in [2.24, 2.45) is 0 Å². The smallest absolute Gasteiger partial charge is 0.181 e. The molecule has 0 fully saturated rings. The van der Waals surface area contributed by atoms with Crippen molar-refractivity contribution in [2.45, 2.75) is 0 Å². The first-order valence-electron chi connectivity index (χ1n) is 9.58. The summed E-state index contributed by atoms with van der Waals surface area (Å²) in [4.78, 5) is 4.59. The summed E-state index contributed by atoms with van der Waals surface area (Å²) < 4.78 is 5.89. The largest absolute Gasteiger partial charge is 0.457 e. The third-order valence-electron chi connectivity index (χ3n) is 4.45. The summed E-state index contributed by atoms with van der Waals surface area (Å²) in [6.07, 6.45) is 1.36. The summed E-state index contributed by atoms with van der Waals surface area (Å²) in [6, 6.07) is 25.7. The van der Waals surface area contributed by atoms with Crippen molar-refractivity contribution < 1.29 is 4.74 Å². The van der Waals surface area contributed by atoms with Gasteiger partial charge in [0.15, 0.2) is 11.6 Å². The standard InChI is InChI=1S/C24H17N7O/c25-13-16(14-26)15-28-20-5-1-3-17(11-20)23-29-24(31-30-23)18-4-2-6-22(12-18)32-21-9-7-19(27)8-10-21/h1-12,15,28H,27H2,(H,29,30,31). The van der Waals surface area contributed by atoms with Gasteiger partial charge in [-0.25, -0.2) is 4.98 Å². The zero-order valence-corrected chi connectivity index (χ0v) is 16.8. The summed E-state index contributed by atoms with van der Waals surface area (Å²) in [5.74, 6) is 2.45. The molecule has 8 nitrogen and oxygen atoms in total. The van der Waals surface area contributed by atoms with E-state index in [1.807, 2.05) is 48.5 Å². The molecule has 3 aromatic carbocycles. The van der Waals surface area contributed by atoms with Crippen molar-refractivity contribution in [3.8, 4) is 46.4 Å². The fourth-order valence-electron chi connectivity index (χ4n) is 2.89. The van der Waals surface area contributed by atoms with Gasteiger partial charge in [0.1, 0.15) is 29.2 Å². The number of nitrogens with two attached hydrogens (primary N) is 1. The lowest BCUT2D eigenvalue weighted by atomic mass is 10.2. The van der Waals surface area contributed by atoms with Crippen molar-refractivity contribution in [2.75, 3.05) is 11.1 Å². The van der Waals surface area contributed by atoms with Crippen LogP contribution in [0.4, 0.5) is 11.4 Å². The number of H-pyrrole nitrogens is 1. The van der Waals surface area contributed by atoms with Gasteiger partial charge in [0, 0.05) is 28.7 Å². The molecule has 0 radical (unpaired) electrons. The quantitative estimate of drug-likeness (QED) is 0.300. The number of benzene rings is 3. The van der Waals surface area contributed by atoms with Gasteiger partial charge in [0.25, 0.3) is 0 Å². The van der Waals surface area contributed by atoms with Gasteiger partial charge in [0.2, 0.25) is 0 Å². The van der Waals surface area contributed by atoms with Crippen molar-refractivity contribution in [3.05, 3.63) is 84.6 Å². The lowest BCUT2D eigenvalue weighted by Gasteiger charge is -2.07. The van der Waals surface area contributed by atoms with E-state index in [0.717, 1.165) is 11.1 Å². The van der Waals surface area contributed by atoms with Crippen LogP contribution in [0.1, 0.15) is 0 Å². The maximum Gasteiger partial charge on any atom is 0.181 e. The molecule has 0 aliphatic carbocycles. The van der Waals surface area contributed by atoms with Crippen LogP contribution in [-0.4, -0.2) is 15.2 Å². The fraction of sp³-hybridized carbons (Fsp3) is 0. The molecule has 0 spiro atoms. The molecule has 0 unspecified atom stereocenters. The Morgan fingerprint density at radius 1 is 0.938 bits per heavy atom. The molecule has 0 bridgehead atoms. The molecule has 0 aliphatic heterocycles. The molecule has 32 heavy (non-hydrogen) atoms. The van der Waals surface area contributed by atoms with Gasteiger partial charge in [-0.2, -0.15) is 15.6 Å². The first-order valence-corrected chi connectivity index (χ1v) is 9.58. The molecular formula is C24H17N7O. The highest BCUT2D eigenvalue weighted by atomic mass is 16.5. The highest BCUT2D eigenvalue weighted by Gasteiger charge is 2.10. The monoisotopic (exact) mass is 419 g/mol. The zero-order valence-electron chi connectivity index (χ0n) is 16.8. The molecular weight excluding hydrogens is 402 g/mol. The number of nitriles is 2. The summed E-state index contributed by atoms with van der Waals surface area (Å²) in [7, 11) is 0. The summed E-state index contributed by atoms with van der Waals surface area (Å²) >= 11 is 0. The number of aromatic nitrogens is 3. The first-order chi connectivity index (χ1) is 15.6. The minimum absolute atomic E-state index is 0.0170. The van der Waals surface area contributed by atoms with E-state index in [2.05, 4.69) is 20.5 Å².